The van der Waals surface area contributed by atoms with Crippen molar-refractivity contribution in [2.75, 3.05) is 0 Å². The number of fused-ring (bicyclic) bond motifs is 7. The molecule has 1 aromatic heterocycles. The van der Waals surface area contributed by atoms with Crippen LogP contribution in [0.5, 0.6) is 0 Å². The number of carbonyl (C=O) groups excluding carboxylic acids is 2. The molecular weight excluding hydrogens is 510 g/mol. The highest BCUT2D eigenvalue weighted by atomic mass is 16.4. The number of carbonyl (C=O) groups is 2. The van der Waals surface area contributed by atoms with Crippen molar-refractivity contribution in [2.45, 2.75) is 119 Å². The van der Waals surface area contributed by atoms with E-state index in [0.717, 1.165) is 56.4 Å². The maximum Gasteiger partial charge on any atom is 0.226 e. The van der Waals surface area contributed by atoms with Crippen LogP contribution in [0, 0.1) is 51.4 Å². The zero-order valence-electron chi connectivity index (χ0n) is 26.5. The minimum absolute atomic E-state index is 0.0578. The fourth-order valence-corrected chi connectivity index (χ4v) is 10.6. The Kier molecular flexibility index (Phi) is 5.93. The molecule has 3 fully saturated rings. The van der Waals surface area contributed by atoms with Crippen molar-refractivity contribution in [1.29, 1.82) is 0 Å². The predicted octanol–water partition coefficient (Wildman–Crippen LogP) is 8.02. The Morgan fingerprint density at radius 3 is 2.29 bits per heavy atom. The van der Waals surface area contributed by atoms with Gasteiger partial charge in [0.25, 0.3) is 0 Å². The average molecular weight is 558 g/mol. The molecule has 0 radical (unpaired) electrons. The van der Waals surface area contributed by atoms with Crippen LogP contribution in [0.15, 0.2) is 27.8 Å². The summed E-state index contributed by atoms with van der Waals surface area (Å²) in [6, 6.07) is 0. The first-order valence-electron chi connectivity index (χ1n) is 15.7. The number of aromatic nitrogens is 2. The van der Waals surface area contributed by atoms with E-state index in [9.17, 15) is 9.59 Å². The lowest BCUT2D eigenvalue weighted by Gasteiger charge is -2.69. The van der Waals surface area contributed by atoms with Gasteiger partial charge in [0.15, 0.2) is 11.6 Å². The molecule has 3 saturated carbocycles. The van der Waals surface area contributed by atoms with E-state index in [1.54, 1.807) is 0 Å². The second kappa shape index (κ2) is 8.51. The quantitative estimate of drug-likeness (QED) is 0.344. The van der Waals surface area contributed by atoms with Crippen molar-refractivity contribution in [1.82, 2.24) is 10.2 Å². The average Bonchev–Trinajstić information content (AvgIpc) is 3.39. The number of nitrogens with zero attached hydrogens (tertiary/aromatic N) is 3. The summed E-state index contributed by atoms with van der Waals surface area (Å²) >= 11 is 0. The largest absolute Gasteiger partial charge is 0.424 e. The molecule has 0 bridgehead atoms. The molecule has 0 saturated heterocycles. The van der Waals surface area contributed by atoms with Gasteiger partial charge in [-0.1, -0.05) is 74.0 Å². The Morgan fingerprint density at radius 1 is 0.976 bits per heavy atom. The van der Waals surface area contributed by atoms with Gasteiger partial charge in [-0.3, -0.25) is 4.79 Å². The molecule has 5 aliphatic rings. The minimum atomic E-state index is -0.645. The smallest absolute Gasteiger partial charge is 0.226 e. The molecule has 0 aromatic carbocycles. The van der Waals surface area contributed by atoms with Crippen LogP contribution >= 0.6 is 0 Å². The number of ketones is 2. The standard InChI is InChI=1S/C35H47N3O3/c1-20(2)28-37-38-29(41-28)35-15-13-30(3,4)18-21(35)26-23(39)17-25-32(7)19-22(36-10)27(40)31(5,6)24(32)11-12-33(25,8)34(26,9)14-16-35/h17,19-21,24,26H,11-16,18H2,1-9H3/t21-,24-,26-,32-,33+,34+,35-/m0/s1. The Balaban J connectivity index is 1.52. The van der Waals surface area contributed by atoms with Gasteiger partial charge >= 0.3 is 0 Å². The molecule has 1 aromatic rings. The number of hydrogen-bond acceptors (Lipinski definition) is 5. The molecule has 5 aliphatic carbocycles. The van der Waals surface area contributed by atoms with Gasteiger partial charge in [-0.05, 0) is 79.1 Å². The summed E-state index contributed by atoms with van der Waals surface area (Å²) < 4.78 is 6.42. The monoisotopic (exact) mass is 557 g/mol. The summed E-state index contributed by atoms with van der Waals surface area (Å²) in [5.41, 5.74) is -0.398. The first-order valence-corrected chi connectivity index (χ1v) is 15.7. The van der Waals surface area contributed by atoms with E-state index in [0.29, 0.717) is 5.89 Å². The van der Waals surface area contributed by atoms with E-state index in [1.165, 1.54) is 0 Å². The molecule has 6 heteroatoms. The second-order valence-electron chi connectivity index (χ2n) is 16.5. The summed E-state index contributed by atoms with van der Waals surface area (Å²) in [6.45, 7) is 27.6. The second-order valence-corrected chi connectivity index (χ2v) is 16.5. The molecule has 6 nitrogen and oxygen atoms in total. The molecule has 1 heterocycles. The van der Waals surface area contributed by atoms with Gasteiger partial charge < -0.3 is 9.21 Å². The van der Waals surface area contributed by atoms with Gasteiger partial charge in [0.1, 0.15) is 0 Å². The van der Waals surface area contributed by atoms with E-state index in [-0.39, 0.29) is 62.6 Å². The number of hydrogen-bond donors (Lipinski definition) is 0. The highest BCUT2D eigenvalue weighted by molar-refractivity contribution is 6.03. The number of allylic oxidation sites excluding steroid dienone is 4. The molecule has 0 unspecified atom stereocenters. The van der Waals surface area contributed by atoms with Crippen LogP contribution in [0.1, 0.15) is 125 Å². The van der Waals surface area contributed by atoms with Crippen LogP contribution in [-0.2, 0) is 15.0 Å². The van der Waals surface area contributed by atoms with Gasteiger partial charge in [0.2, 0.25) is 17.5 Å². The predicted molar refractivity (Wildman–Crippen MR) is 158 cm³/mol. The third-order valence-electron chi connectivity index (χ3n) is 13.2. The maximum atomic E-state index is 14.7. The molecule has 7 atom stereocenters. The SMILES string of the molecule is [C-]#[N+]C1=C[C@]2(C)C3=CC(=O)[C@@H]4[C@@H]5CC(C)(C)CC[C@]5(c5nnc(C(C)C)o5)CC[C@@]4(C)[C@]3(C)CC[C@H]2C(C)(C)C1=O. The van der Waals surface area contributed by atoms with E-state index < -0.39 is 10.8 Å². The summed E-state index contributed by atoms with van der Waals surface area (Å²) in [4.78, 5) is 31.7. The van der Waals surface area contributed by atoms with Gasteiger partial charge in [0, 0.05) is 22.7 Å². The van der Waals surface area contributed by atoms with Gasteiger partial charge in [0.05, 0.1) is 12.0 Å². The molecule has 6 rings (SSSR count). The van der Waals surface area contributed by atoms with Crippen LogP contribution in [0.3, 0.4) is 0 Å². The van der Waals surface area contributed by atoms with Crippen molar-refractivity contribution in [3.8, 4) is 0 Å². The zero-order valence-corrected chi connectivity index (χ0v) is 26.5. The zero-order chi connectivity index (χ0) is 30.0. The van der Waals surface area contributed by atoms with Crippen LogP contribution in [0.25, 0.3) is 4.85 Å². The van der Waals surface area contributed by atoms with Crippen molar-refractivity contribution in [2.24, 2.45) is 44.8 Å². The Morgan fingerprint density at radius 2 is 1.66 bits per heavy atom. The van der Waals surface area contributed by atoms with Crippen LogP contribution in [0.4, 0.5) is 0 Å². The number of Topliss-reactive ketones (excluding diaryl/α,β-unsaturated/α-hetero) is 1. The highest BCUT2D eigenvalue weighted by Gasteiger charge is 2.70. The third kappa shape index (κ3) is 3.53. The maximum absolute atomic E-state index is 14.7. The van der Waals surface area contributed by atoms with E-state index >= 15 is 0 Å². The van der Waals surface area contributed by atoms with Crippen LogP contribution < -0.4 is 0 Å². The lowest BCUT2D eigenvalue weighted by Crippen LogP contribution is -2.65. The first-order chi connectivity index (χ1) is 19.0. The normalized spacial score (nSPS) is 42.7. The molecule has 0 N–H and O–H groups in total. The summed E-state index contributed by atoms with van der Waals surface area (Å²) in [7, 11) is 0. The topological polar surface area (TPSA) is 77.4 Å². The first kappa shape index (κ1) is 28.6. The Bertz CT molecular complexity index is 1440. The highest BCUT2D eigenvalue weighted by Crippen LogP contribution is 2.74. The van der Waals surface area contributed by atoms with Crippen molar-refractivity contribution >= 4 is 11.6 Å². The molecule has 0 spiro atoms. The summed E-state index contributed by atoms with van der Waals surface area (Å²) in [5.74, 6) is 1.78. The van der Waals surface area contributed by atoms with Crippen molar-refractivity contribution in [3.05, 3.63) is 46.6 Å². The summed E-state index contributed by atoms with van der Waals surface area (Å²) in [6.07, 6.45) is 10.6. The number of rotatable bonds is 2. The lowest BCUT2D eigenvalue weighted by atomic mass is 9.34. The molecule has 0 amide bonds. The van der Waals surface area contributed by atoms with Crippen LogP contribution in [-0.4, -0.2) is 21.8 Å². The van der Waals surface area contributed by atoms with Crippen molar-refractivity contribution in [3.63, 3.8) is 0 Å². The molecular formula is C35H47N3O3. The van der Waals surface area contributed by atoms with E-state index in [2.05, 4.69) is 63.5 Å². The Labute approximate surface area is 245 Å². The van der Waals surface area contributed by atoms with Gasteiger partial charge in [-0.2, -0.15) is 0 Å². The minimum Gasteiger partial charge on any atom is -0.424 e. The van der Waals surface area contributed by atoms with E-state index in [4.69, 9.17) is 11.0 Å². The van der Waals surface area contributed by atoms with E-state index in [1.807, 2.05) is 26.0 Å². The van der Waals surface area contributed by atoms with Crippen LogP contribution in [0.2, 0.25) is 0 Å². The van der Waals surface area contributed by atoms with Gasteiger partial charge in [-0.25, -0.2) is 4.85 Å². The molecule has 220 valence electrons. The lowest BCUT2D eigenvalue weighted by molar-refractivity contribution is -0.161. The third-order valence-corrected chi connectivity index (χ3v) is 13.2. The fourth-order valence-electron chi connectivity index (χ4n) is 10.6. The van der Waals surface area contributed by atoms with Crippen molar-refractivity contribution < 1.29 is 14.0 Å². The Hall–Kier alpha value is -2.55. The fraction of sp³-hybridized carbons (Fsp3) is 0.743. The van der Waals surface area contributed by atoms with Gasteiger partial charge in [-0.15, -0.1) is 10.2 Å². The molecule has 41 heavy (non-hydrogen) atoms. The summed E-state index contributed by atoms with van der Waals surface area (Å²) in [5, 5.41) is 9.11. The molecule has 0 aliphatic heterocycles.